The van der Waals surface area contributed by atoms with Gasteiger partial charge in [0.15, 0.2) is 5.11 Å². The standard InChI is InChI=1S/C23H20N4O3S/c1-30-20-12-10-16(11-13-20)21-15-22(17-6-5-9-19(14-17)27(28)29)26(25-21)23(31)24-18-7-3-2-4-8-18/h2-14,22H,15H2,1H3,(H,24,31)/t22-/m1/s1. The van der Waals surface area contributed by atoms with Crippen LogP contribution in [0.25, 0.3) is 0 Å². The highest BCUT2D eigenvalue weighted by molar-refractivity contribution is 7.80. The van der Waals surface area contributed by atoms with Gasteiger partial charge in [0.2, 0.25) is 0 Å². The van der Waals surface area contributed by atoms with Crippen LogP contribution in [-0.4, -0.2) is 27.9 Å². The zero-order valence-electron chi connectivity index (χ0n) is 16.8. The summed E-state index contributed by atoms with van der Waals surface area (Å²) >= 11 is 5.65. The summed E-state index contributed by atoms with van der Waals surface area (Å²) in [6.07, 6.45) is 0.560. The van der Waals surface area contributed by atoms with Crippen molar-refractivity contribution in [3.63, 3.8) is 0 Å². The van der Waals surface area contributed by atoms with E-state index in [0.29, 0.717) is 11.5 Å². The highest BCUT2D eigenvalue weighted by Gasteiger charge is 2.32. The van der Waals surface area contributed by atoms with Crippen molar-refractivity contribution in [2.75, 3.05) is 12.4 Å². The molecular weight excluding hydrogens is 412 g/mol. The molecule has 7 nitrogen and oxygen atoms in total. The molecular formula is C23H20N4O3S. The Morgan fingerprint density at radius 1 is 1.13 bits per heavy atom. The number of methoxy groups -OCH3 is 1. The molecule has 31 heavy (non-hydrogen) atoms. The number of nitrogens with one attached hydrogen (secondary N) is 1. The summed E-state index contributed by atoms with van der Waals surface area (Å²) in [5, 5.41) is 21.4. The van der Waals surface area contributed by atoms with Crippen LogP contribution in [0.5, 0.6) is 5.75 Å². The molecule has 8 heteroatoms. The van der Waals surface area contributed by atoms with Crippen LogP contribution in [0.15, 0.2) is 84.0 Å². The lowest BCUT2D eigenvalue weighted by Gasteiger charge is -2.24. The number of thiocarbonyl (C=S) groups is 1. The molecule has 0 unspecified atom stereocenters. The minimum atomic E-state index is -0.394. The van der Waals surface area contributed by atoms with Crippen molar-refractivity contribution in [3.05, 3.63) is 100 Å². The average Bonchev–Trinajstić information content (AvgIpc) is 3.26. The first-order valence-corrected chi connectivity index (χ1v) is 10.1. The lowest BCUT2D eigenvalue weighted by molar-refractivity contribution is -0.384. The summed E-state index contributed by atoms with van der Waals surface area (Å²) in [5.41, 5.74) is 3.45. The zero-order valence-corrected chi connectivity index (χ0v) is 17.6. The quantitative estimate of drug-likeness (QED) is 0.341. The fourth-order valence-electron chi connectivity index (χ4n) is 3.46. The molecule has 1 aliphatic rings. The van der Waals surface area contributed by atoms with Gasteiger partial charge in [-0.1, -0.05) is 30.3 Å². The molecule has 3 aromatic rings. The van der Waals surface area contributed by atoms with Gasteiger partial charge in [0, 0.05) is 24.2 Å². The molecule has 3 aromatic carbocycles. The summed E-state index contributed by atoms with van der Waals surface area (Å²) in [7, 11) is 1.62. The first-order valence-electron chi connectivity index (χ1n) is 9.66. The number of nitro groups is 1. The first-order chi connectivity index (χ1) is 15.0. The average molecular weight is 433 g/mol. The number of hydrogen-bond acceptors (Lipinski definition) is 5. The van der Waals surface area contributed by atoms with Gasteiger partial charge in [0.25, 0.3) is 5.69 Å². The molecule has 4 rings (SSSR count). The number of rotatable bonds is 5. The van der Waals surface area contributed by atoms with E-state index in [9.17, 15) is 10.1 Å². The number of para-hydroxylation sites is 1. The molecule has 0 fully saturated rings. The van der Waals surface area contributed by atoms with Gasteiger partial charge in [-0.3, -0.25) is 10.1 Å². The van der Waals surface area contributed by atoms with Crippen LogP contribution >= 0.6 is 12.2 Å². The third-order valence-corrected chi connectivity index (χ3v) is 5.32. The number of benzene rings is 3. The molecule has 0 aliphatic carbocycles. The van der Waals surface area contributed by atoms with E-state index in [4.69, 9.17) is 22.1 Å². The summed E-state index contributed by atoms with van der Waals surface area (Å²) in [6.45, 7) is 0. The van der Waals surface area contributed by atoms with Crippen LogP contribution in [0, 0.1) is 10.1 Å². The van der Waals surface area contributed by atoms with Crippen LogP contribution in [0.1, 0.15) is 23.6 Å². The maximum atomic E-state index is 11.3. The van der Waals surface area contributed by atoms with Crippen molar-refractivity contribution in [2.24, 2.45) is 5.10 Å². The van der Waals surface area contributed by atoms with Crippen LogP contribution in [0.3, 0.4) is 0 Å². The van der Waals surface area contributed by atoms with Gasteiger partial charge in [-0.05, 0) is 59.7 Å². The SMILES string of the molecule is COc1ccc(C2=NN(C(=S)Nc3ccccc3)[C@@H](c3cccc([N+](=O)[O-])c3)C2)cc1. The number of hydrogen-bond donors (Lipinski definition) is 1. The monoisotopic (exact) mass is 432 g/mol. The second-order valence-corrected chi connectivity index (χ2v) is 7.37. The summed E-state index contributed by atoms with van der Waals surface area (Å²) in [6, 6.07) is 23.6. The number of nitrogens with zero attached hydrogens (tertiary/aromatic N) is 3. The third-order valence-electron chi connectivity index (χ3n) is 5.03. The second-order valence-electron chi connectivity index (χ2n) is 6.99. The second kappa shape index (κ2) is 8.93. The summed E-state index contributed by atoms with van der Waals surface area (Å²) in [4.78, 5) is 10.9. The Morgan fingerprint density at radius 2 is 1.87 bits per heavy atom. The Bertz CT molecular complexity index is 1130. The lowest BCUT2D eigenvalue weighted by Crippen LogP contribution is -2.31. The van der Waals surface area contributed by atoms with E-state index in [0.717, 1.165) is 28.3 Å². The van der Waals surface area contributed by atoms with Crippen LogP contribution in [0.2, 0.25) is 0 Å². The maximum Gasteiger partial charge on any atom is 0.269 e. The molecule has 1 heterocycles. The van der Waals surface area contributed by atoms with Crippen molar-refractivity contribution < 1.29 is 9.66 Å². The van der Waals surface area contributed by atoms with E-state index < -0.39 is 4.92 Å². The Hall–Kier alpha value is -3.78. The Morgan fingerprint density at radius 3 is 2.55 bits per heavy atom. The largest absolute Gasteiger partial charge is 0.497 e. The van der Waals surface area contributed by atoms with E-state index in [1.165, 1.54) is 6.07 Å². The maximum absolute atomic E-state index is 11.3. The molecule has 1 atom stereocenters. The normalized spacial score (nSPS) is 15.3. The Balaban J connectivity index is 1.67. The zero-order chi connectivity index (χ0) is 21.8. The fourth-order valence-corrected chi connectivity index (χ4v) is 3.75. The Labute approximate surface area is 185 Å². The number of non-ortho nitro benzene ring substituents is 1. The van der Waals surface area contributed by atoms with Crippen molar-refractivity contribution in [3.8, 4) is 5.75 Å². The van der Waals surface area contributed by atoms with E-state index in [1.54, 1.807) is 24.3 Å². The minimum Gasteiger partial charge on any atom is -0.497 e. The van der Waals surface area contributed by atoms with Gasteiger partial charge in [0.05, 0.1) is 23.8 Å². The van der Waals surface area contributed by atoms with Gasteiger partial charge in [-0.25, -0.2) is 5.01 Å². The molecule has 156 valence electrons. The van der Waals surface area contributed by atoms with Crippen LogP contribution in [-0.2, 0) is 0 Å². The molecule has 0 aromatic heterocycles. The number of ether oxygens (including phenoxy) is 1. The molecule has 0 bridgehead atoms. The molecule has 1 aliphatic heterocycles. The van der Waals surface area contributed by atoms with E-state index >= 15 is 0 Å². The molecule has 0 amide bonds. The summed E-state index contributed by atoms with van der Waals surface area (Å²) < 4.78 is 5.24. The van der Waals surface area contributed by atoms with E-state index in [1.807, 2.05) is 60.7 Å². The van der Waals surface area contributed by atoms with Gasteiger partial charge in [0.1, 0.15) is 5.75 Å². The van der Waals surface area contributed by atoms with Crippen molar-refractivity contribution in [1.29, 1.82) is 0 Å². The van der Waals surface area contributed by atoms with Gasteiger partial charge in [-0.2, -0.15) is 5.10 Å². The number of anilines is 1. The van der Waals surface area contributed by atoms with E-state index in [-0.39, 0.29) is 11.7 Å². The van der Waals surface area contributed by atoms with Crippen LogP contribution in [0.4, 0.5) is 11.4 Å². The Kier molecular flexibility index (Phi) is 5.90. The number of hydrazone groups is 1. The first kappa shape index (κ1) is 20.5. The molecule has 0 spiro atoms. The summed E-state index contributed by atoms with van der Waals surface area (Å²) in [5.74, 6) is 0.760. The van der Waals surface area contributed by atoms with Gasteiger partial charge in [-0.15, -0.1) is 0 Å². The fraction of sp³-hybridized carbons (Fsp3) is 0.130. The highest BCUT2D eigenvalue weighted by atomic mass is 32.1. The van der Waals surface area contributed by atoms with Crippen LogP contribution < -0.4 is 10.1 Å². The highest BCUT2D eigenvalue weighted by Crippen LogP contribution is 2.35. The van der Waals surface area contributed by atoms with Gasteiger partial charge >= 0.3 is 0 Å². The molecule has 0 radical (unpaired) electrons. The van der Waals surface area contributed by atoms with Gasteiger partial charge < -0.3 is 10.1 Å². The minimum absolute atomic E-state index is 0.0392. The predicted molar refractivity (Wildman–Crippen MR) is 124 cm³/mol. The smallest absolute Gasteiger partial charge is 0.269 e. The topological polar surface area (TPSA) is 80.0 Å². The lowest BCUT2D eigenvalue weighted by atomic mass is 9.98. The third kappa shape index (κ3) is 4.54. The predicted octanol–water partition coefficient (Wildman–Crippen LogP) is 5.15. The van der Waals surface area contributed by atoms with Crippen molar-refractivity contribution in [1.82, 2.24) is 5.01 Å². The number of nitro benzene ring substituents is 1. The van der Waals surface area contributed by atoms with Crippen molar-refractivity contribution in [2.45, 2.75) is 12.5 Å². The molecule has 0 saturated carbocycles. The molecule has 1 N–H and O–H groups in total. The van der Waals surface area contributed by atoms with Crippen molar-refractivity contribution >= 4 is 34.4 Å². The molecule has 0 saturated heterocycles. The van der Waals surface area contributed by atoms with E-state index in [2.05, 4.69) is 5.32 Å².